The van der Waals surface area contributed by atoms with E-state index in [9.17, 15) is 4.79 Å². The lowest BCUT2D eigenvalue weighted by Crippen LogP contribution is -2.14. The maximum Gasteiger partial charge on any atom is 0.228 e. The molecule has 0 saturated carbocycles. The number of pyridine rings is 1. The number of nitrogens with one attached hydrogen (secondary N) is 1. The minimum Gasteiger partial charge on any atom is -0.324 e. The van der Waals surface area contributed by atoms with Crippen LogP contribution in [0.3, 0.4) is 0 Å². The lowest BCUT2D eigenvalue weighted by Gasteiger charge is -2.07. The van der Waals surface area contributed by atoms with Crippen LogP contribution in [0.1, 0.15) is 17.0 Å². The van der Waals surface area contributed by atoms with Crippen LogP contribution in [0.2, 0.25) is 0 Å². The second kappa shape index (κ2) is 6.44. The highest BCUT2D eigenvalue weighted by molar-refractivity contribution is 5.92. The number of nitrogens with zero attached hydrogens (tertiary/aromatic N) is 3. The summed E-state index contributed by atoms with van der Waals surface area (Å²) >= 11 is 0. The second-order valence-electron chi connectivity index (χ2n) is 5.47. The number of amides is 1. The van der Waals surface area contributed by atoms with Gasteiger partial charge in [-0.25, -0.2) is 4.68 Å². The number of aryl methyl sites for hydroxylation is 2. The summed E-state index contributed by atoms with van der Waals surface area (Å²) in [6, 6.07) is 13.5. The summed E-state index contributed by atoms with van der Waals surface area (Å²) < 4.78 is 1.90. The predicted molar refractivity (Wildman–Crippen MR) is 89.6 cm³/mol. The first-order valence-electron chi connectivity index (χ1n) is 7.44. The van der Waals surface area contributed by atoms with E-state index in [2.05, 4.69) is 15.4 Å². The number of hydrogen-bond acceptors (Lipinski definition) is 3. The highest BCUT2D eigenvalue weighted by atomic mass is 16.1. The molecule has 0 radical (unpaired) electrons. The predicted octanol–water partition coefficient (Wildman–Crippen LogP) is 3.07. The maximum absolute atomic E-state index is 12.0. The number of carbonyl (C=O) groups excluding carboxylic acids is 1. The normalized spacial score (nSPS) is 10.5. The molecule has 0 fully saturated rings. The van der Waals surface area contributed by atoms with Crippen molar-refractivity contribution in [2.75, 3.05) is 5.32 Å². The zero-order valence-corrected chi connectivity index (χ0v) is 13.2. The van der Waals surface area contributed by atoms with E-state index in [0.29, 0.717) is 12.1 Å². The summed E-state index contributed by atoms with van der Waals surface area (Å²) in [4.78, 5) is 16.0. The third kappa shape index (κ3) is 3.63. The van der Waals surface area contributed by atoms with E-state index >= 15 is 0 Å². The minimum atomic E-state index is -0.0585. The lowest BCUT2D eigenvalue weighted by atomic mass is 10.1. The maximum atomic E-state index is 12.0. The first-order chi connectivity index (χ1) is 11.1. The van der Waals surface area contributed by atoms with E-state index in [1.807, 2.05) is 54.9 Å². The second-order valence-corrected chi connectivity index (χ2v) is 5.47. The summed E-state index contributed by atoms with van der Waals surface area (Å²) in [5.41, 5.74) is 4.73. The monoisotopic (exact) mass is 306 g/mol. The van der Waals surface area contributed by atoms with Crippen molar-refractivity contribution in [3.63, 3.8) is 0 Å². The van der Waals surface area contributed by atoms with Crippen LogP contribution >= 0.6 is 0 Å². The van der Waals surface area contributed by atoms with E-state index in [0.717, 1.165) is 22.6 Å². The van der Waals surface area contributed by atoms with E-state index in [1.54, 1.807) is 18.5 Å². The number of anilines is 1. The molecule has 23 heavy (non-hydrogen) atoms. The molecule has 1 N–H and O–H groups in total. The Morgan fingerprint density at radius 2 is 1.96 bits per heavy atom. The van der Waals surface area contributed by atoms with Gasteiger partial charge in [0.1, 0.15) is 0 Å². The molecule has 5 nitrogen and oxygen atoms in total. The Bertz CT molecular complexity index is 807. The lowest BCUT2D eigenvalue weighted by molar-refractivity contribution is -0.115. The first-order valence-corrected chi connectivity index (χ1v) is 7.44. The molecule has 1 amide bonds. The van der Waals surface area contributed by atoms with Crippen molar-refractivity contribution in [2.45, 2.75) is 20.3 Å². The van der Waals surface area contributed by atoms with Crippen molar-refractivity contribution in [1.29, 1.82) is 0 Å². The average molecular weight is 306 g/mol. The molecule has 0 aliphatic heterocycles. The molecule has 0 bridgehead atoms. The molecule has 0 atom stereocenters. The van der Waals surface area contributed by atoms with Gasteiger partial charge in [-0.2, -0.15) is 5.10 Å². The summed E-state index contributed by atoms with van der Waals surface area (Å²) in [5, 5.41) is 7.29. The minimum absolute atomic E-state index is 0.0585. The summed E-state index contributed by atoms with van der Waals surface area (Å²) in [6.07, 6.45) is 3.63. The number of carbonyl (C=O) groups is 1. The highest BCUT2D eigenvalue weighted by Crippen LogP contribution is 2.14. The van der Waals surface area contributed by atoms with Gasteiger partial charge in [0.05, 0.1) is 29.7 Å². The summed E-state index contributed by atoms with van der Waals surface area (Å²) in [5.74, 6) is -0.0585. The first kappa shape index (κ1) is 15.0. The number of hydrogen-bond donors (Lipinski definition) is 1. The Balaban J connectivity index is 1.68. The summed E-state index contributed by atoms with van der Waals surface area (Å²) in [6.45, 7) is 4.00. The molecule has 0 saturated heterocycles. The number of benzene rings is 1. The van der Waals surface area contributed by atoms with E-state index in [4.69, 9.17) is 0 Å². The van der Waals surface area contributed by atoms with E-state index in [1.165, 1.54) is 0 Å². The van der Waals surface area contributed by atoms with Gasteiger partial charge in [-0.3, -0.25) is 9.78 Å². The van der Waals surface area contributed by atoms with Gasteiger partial charge < -0.3 is 5.32 Å². The zero-order valence-electron chi connectivity index (χ0n) is 13.2. The quantitative estimate of drug-likeness (QED) is 0.806. The molecule has 3 aromatic rings. The van der Waals surface area contributed by atoms with Crippen LogP contribution < -0.4 is 5.32 Å². The Labute approximate surface area is 135 Å². The summed E-state index contributed by atoms with van der Waals surface area (Å²) in [7, 11) is 0. The molecular formula is C18H18N4O. The molecule has 0 aliphatic carbocycles. The molecule has 2 heterocycles. The zero-order chi connectivity index (χ0) is 16.2. The van der Waals surface area contributed by atoms with Crippen molar-refractivity contribution in [1.82, 2.24) is 14.8 Å². The van der Waals surface area contributed by atoms with Crippen molar-refractivity contribution in [3.8, 4) is 5.69 Å². The Morgan fingerprint density at radius 3 is 2.57 bits per heavy atom. The van der Waals surface area contributed by atoms with Crippen LogP contribution in [0, 0.1) is 13.8 Å². The smallest absolute Gasteiger partial charge is 0.228 e. The molecule has 5 heteroatoms. The van der Waals surface area contributed by atoms with Crippen LogP contribution in [0.5, 0.6) is 0 Å². The fourth-order valence-electron chi connectivity index (χ4n) is 2.47. The van der Waals surface area contributed by atoms with Crippen molar-refractivity contribution in [3.05, 3.63) is 71.8 Å². The van der Waals surface area contributed by atoms with Gasteiger partial charge in [0.15, 0.2) is 0 Å². The largest absolute Gasteiger partial charge is 0.324 e. The van der Waals surface area contributed by atoms with Gasteiger partial charge in [-0.05, 0) is 49.7 Å². The molecule has 0 unspecified atom stereocenters. The van der Waals surface area contributed by atoms with Crippen molar-refractivity contribution >= 4 is 11.6 Å². The SMILES string of the molecule is Cc1cc(C)n(-c2ccc(CC(=O)Nc3cccnc3)cc2)n1. The van der Waals surface area contributed by atoms with Crippen LogP contribution in [0.4, 0.5) is 5.69 Å². The molecular weight excluding hydrogens is 288 g/mol. The van der Waals surface area contributed by atoms with Gasteiger partial charge in [-0.15, -0.1) is 0 Å². The van der Waals surface area contributed by atoms with Gasteiger partial charge >= 0.3 is 0 Å². The van der Waals surface area contributed by atoms with Gasteiger partial charge in [0.25, 0.3) is 0 Å². The molecule has 2 aromatic heterocycles. The van der Waals surface area contributed by atoms with Gasteiger partial charge in [-0.1, -0.05) is 12.1 Å². The average Bonchev–Trinajstić information content (AvgIpc) is 2.87. The molecule has 0 aliphatic rings. The van der Waals surface area contributed by atoms with E-state index < -0.39 is 0 Å². The standard InChI is InChI=1S/C18H18N4O/c1-13-10-14(2)22(21-13)17-7-5-15(6-8-17)11-18(23)20-16-4-3-9-19-12-16/h3-10,12H,11H2,1-2H3,(H,20,23). The van der Waals surface area contributed by atoms with Crippen LogP contribution in [0.15, 0.2) is 54.9 Å². The Morgan fingerprint density at radius 1 is 1.17 bits per heavy atom. The van der Waals surface area contributed by atoms with Gasteiger partial charge in [0.2, 0.25) is 5.91 Å². The fraction of sp³-hybridized carbons (Fsp3) is 0.167. The third-order valence-electron chi connectivity index (χ3n) is 3.50. The van der Waals surface area contributed by atoms with Crippen molar-refractivity contribution in [2.24, 2.45) is 0 Å². The van der Waals surface area contributed by atoms with Gasteiger partial charge in [0, 0.05) is 11.9 Å². The van der Waals surface area contributed by atoms with Crippen LogP contribution in [0.25, 0.3) is 5.69 Å². The van der Waals surface area contributed by atoms with Crippen molar-refractivity contribution < 1.29 is 4.79 Å². The highest BCUT2D eigenvalue weighted by Gasteiger charge is 2.06. The molecule has 1 aromatic carbocycles. The third-order valence-corrected chi connectivity index (χ3v) is 3.50. The van der Waals surface area contributed by atoms with Crippen LogP contribution in [-0.4, -0.2) is 20.7 Å². The number of aromatic nitrogens is 3. The van der Waals surface area contributed by atoms with E-state index in [-0.39, 0.29) is 5.91 Å². The number of rotatable bonds is 4. The molecule has 116 valence electrons. The molecule has 0 spiro atoms. The van der Waals surface area contributed by atoms with Crippen LogP contribution in [-0.2, 0) is 11.2 Å². The topological polar surface area (TPSA) is 59.8 Å². The molecule has 3 rings (SSSR count). The Hall–Kier alpha value is -2.95. The Kier molecular flexibility index (Phi) is 4.19. The fourth-order valence-corrected chi connectivity index (χ4v) is 2.47.